The Bertz CT molecular complexity index is 1260. The van der Waals surface area contributed by atoms with E-state index in [2.05, 4.69) is 15.5 Å². The molecule has 0 saturated heterocycles. The Kier molecular flexibility index (Phi) is 6.25. The van der Waals surface area contributed by atoms with Gasteiger partial charge in [-0.15, -0.1) is 0 Å². The summed E-state index contributed by atoms with van der Waals surface area (Å²) in [5.41, 5.74) is 2.87. The molecule has 0 saturated carbocycles. The highest BCUT2D eigenvalue weighted by molar-refractivity contribution is 7.71. The number of nitrogens with one attached hydrogen (secondary N) is 2. The first-order chi connectivity index (χ1) is 15.0. The minimum Gasteiger partial charge on any atom is -0.387 e. The van der Waals surface area contributed by atoms with Crippen molar-refractivity contribution in [1.82, 2.24) is 20.1 Å². The fraction of sp³-hybridized carbons (Fsp3) is 0.208. The van der Waals surface area contributed by atoms with Crippen LogP contribution in [0.3, 0.4) is 0 Å². The van der Waals surface area contributed by atoms with Gasteiger partial charge >= 0.3 is 0 Å². The number of aryl methyl sites for hydroxylation is 1. The molecule has 4 rings (SSSR count). The smallest absolute Gasteiger partial charge is 0.221 e. The molecule has 1 aromatic heterocycles. The predicted molar refractivity (Wildman–Crippen MR) is 124 cm³/mol. The van der Waals surface area contributed by atoms with Gasteiger partial charge < -0.3 is 10.4 Å². The van der Waals surface area contributed by atoms with E-state index in [-0.39, 0.29) is 18.9 Å². The summed E-state index contributed by atoms with van der Waals surface area (Å²) in [7, 11) is 0. The van der Waals surface area contributed by atoms with Gasteiger partial charge in [0, 0.05) is 25.1 Å². The molecule has 3 aromatic carbocycles. The average molecular weight is 433 g/mol. The van der Waals surface area contributed by atoms with Crippen LogP contribution in [0.5, 0.6) is 0 Å². The summed E-state index contributed by atoms with van der Waals surface area (Å²) in [6, 6.07) is 21.8. The van der Waals surface area contributed by atoms with Gasteiger partial charge in [-0.25, -0.2) is 0 Å². The van der Waals surface area contributed by atoms with Crippen LogP contribution >= 0.6 is 12.2 Å². The molecular formula is C24H24N4O2S. The highest BCUT2D eigenvalue weighted by Gasteiger charge is 2.13. The number of carbonyl (C=O) groups is 1. The molecule has 0 aliphatic rings. The summed E-state index contributed by atoms with van der Waals surface area (Å²) < 4.78 is 2.29. The van der Waals surface area contributed by atoms with Crippen LogP contribution in [0.4, 0.5) is 0 Å². The summed E-state index contributed by atoms with van der Waals surface area (Å²) in [5, 5.41) is 22.6. The van der Waals surface area contributed by atoms with Crippen molar-refractivity contribution in [3.05, 3.63) is 82.6 Å². The molecule has 1 heterocycles. The largest absolute Gasteiger partial charge is 0.387 e. The summed E-state index contributed by atoms with van der Waals surface area (Å²) in [6.45, 7) is 2.58. The number of rotatable bonds is 7. The van der Waals surface area contributed by atoms with E-state index < -0.39 is 6.10 Å². The topological polar surface area (TPSA) is 82.9 Å². The number of carbonyl (C=O) groups excluding carboxylic acids is 1. The molecule has 1 atom stereocenters. The number of benzene rings is 3. The molecule has 0 aliphatic carbocycles. The number of fused-ring (bicyclic) bond motifs is 1. The molecule has 1 unspecified atom stereocenters. The number of aromatic nitrogens is 3. The first kappa shape index (κ1) is 21.0. The molecule has 3 N–H and O–H groups in total. The molecule has 4 aromatic rings. The lowest BCUT2D eigenvalue weighted by molar-refractivity contribution is -0.121. The molecule has 7 heteroatoms. The molecule has 31 heavy (non-hydrogen) atoms. The van der Waals surface area contributed by atoms with Crippen LogP contribution in [0, 0.1) is 11.7 Å². The van der Waals surface area contributed by atoms with Crippen molar-refractivity contribution in [2.24, 2.45) is 0 Å². The van der Waals surface area contributed by atoms with Gasteiger partial charge in [-0.2, -0.15) is 5.10 Å². The van der Waals surface area contributed by atoms with E-state index in [1.54, 1.807) is 0 Å². The molecule has 0 aliphatic heterocycles. The summed E-state index contributed by atoms with van der Waals surface area (Å²) >= 11 is 5.33. The van der Waals surface area contributed by atoms with E-state index in [9.17, 15) is 9.90 Å². The second kappa shape index (κ2) is 9.24. The van der Waals surface area contributed by atoms with Crippen molar-refractivity contribution in [3.8, 4) is 11.4 Å². The second-order valence-electron chi connectivity index (χ2n) is 7.55. The van der Waals surface area contributed by atoms with Crippen LogP contribution in [0.25, 0.3) is 22.2 Å². The Morgan fingerprint density at radius 1 is 1.13 bits per heavy atom. The first-order valence-electron chi connectivity index (χ1n) is 10.2. The lowest BCUT2D eigenvalue weighted by Crippen LogP contribution is -2.29. The second-order valence-corrected chi connectivity index (χ2v) is 7.93. The van der Waals surface area contributed by atoms with Crippen LogP contribution < -0.4 is 5.32 Å². The Morgan fingerprint density at radius 2 is 1.87 bits per heavy atom. The Morgan fingerprint density at radius 3 is 2.65 bits per heavy atom. The highest BCUT2D eigenvalue weighted by Crippen LogP contribution is 2.20. The fourth-order valence-corrected chi connectivity index (χ4v) is 3.72. The standard InChI is InChI=1S/C24H24N4O2S/c1-16-6-8-18(9-7-16)23-26-27-24(31)28(23)13-12-22(30)25-15-21(29)20-11-10-17-4-2-3-5-19(17)14-20/h2-11,14,21,29H,12-13,15H2,1H3,(H,25,30)(H,27,31). The number of hydrogen-bond acceptors (Lipinski definition) is 4. The fourth-order valence-electron chi connectivity index (χ4n) is 3.49. The maximum atomic E-state index is 12.4. The lowest BCUT2D eigenvalue weighted by Gasteiger charge is -2.13. The van der Waals surface area contributed by atoms with Crippen molar-refractivity contribution in [2.75, 3.05) is 6.54 Å². The Labute approximate surface area is 185 Å². The minimum atomic E-state index is -0.771. The number of hydrogen-bond donors (Lipinski definition) is 3. The molecule has 158 valence electrons. The first-order valence-corrected chi connectivity index (χ1v) is 10.6. The van der Waals surface area contributed by atoms with Crippen LogP contribution in [-0.2, 0) is 11.3 Å². The highest BCUT2D eigenvalue weighted by atomic mass is 32.1. The third kappa shape index (κ3) is 4.90. The third-order valence-corrected chi connectivity index (χ3v) is 5.59. The zero-order chi connectivity index (χ0) is 21.8. The summed E-state index contributed by atoms with van der Waals surface area (Å²) in [4.78, 5) is 12.4. The molecule has 0 fully saturated rings. The Hall–Kier alpha value is -3.29. The molecule has 0 bridgehead atoms. The van der Waals surface area contributed by atoms with Gasteiger partial charge in [-0.3, -0.25) is 14.5 Å². The summed E-state index contributed by atoms with van der Waals surface area (Å²) in [6.07, 6.45) is -0.537. The van der Waals surface area contributed by atoms with E-state index in [4.69, 9.17) is 12.2 Å². The van der Waals surface area contributed by atoms with Gasteiger partial charge in [0.25, 0.3) is 0 Å². The van der Waals surface area contributed by atoms with Gasteiger partial charge in [0.1, 0.15) is 0 Å². The van der Waals surface area contributed by atoms with Gasteiger partial charge in [0.05, 0.1) is 6.10 Å². The van der Waals surface area contributed by atoms with Crippen LogP contribution in [0.15, 0.2) is 66.7 Å². The van der Waals surface area contributed by atoms with E-state index >= 15 is 0 Å². The number of aromatic amines is 1. The van der Waals surface area contributed by atoms with E-state index in [1.807, 2.05) is 78.2 Å². The maximum absolute atomic E-state index is 12.4. The average Bonchev–Trinajstić information content (AvgIpc) is 3.16. The normalized spacial score (nSPS) is 12.1. The van der Waals surface area contributed by atoms with Gasteiger partial charge in [0.2, 0.25) is 5.91 Å². The minimum absolute atomic E-state index is 0.152. The van der Waals surface area contributed by atoms with E-state index in [0.717, 1.165) is 27.5 Å². The van der Waals surface area contributed by atoms with E-state index in [0.29, 0.717) is 17.1 Å². The molecule has 0 radical (unpaired) electrons. The van der Waals surface area contributed by atoms with Crippen molar-refractivity contribution >= 4 is 28.9 Å². The lowest BCUT2D eigenvalue weighted by atomic mass is 10.0. The van der Waals surface area contributed by atoms with Crippen LogP contribution in [-0.4, -0.2) is 32.3 Å². The Balaban J connectivity index is 1.36. The number of aliphatic hydroxyl groups is 1. The van der Waals surface area contributed by atoms with Crippen LogP contribution in [0.2, 0.25) is 0 Å². The van der Waals surface area contributed by atoms with Gasteiger partial charge in [0.15, 0.2) is 10.6 Å². The number of amides is 1. The molecule has 1 amide bonds. The van der Waals surface area contributed by atoms with Crippen molar-refractivity contribution in [1.29, 1.82) is 0 Å². The third-order valence-electron chi connectivity index (χ3n) is 5.28. The monoisotopic (exact) mass is 432 g/mol. The number of aliphatic hydroxyl groups excluding tert-OH is 1. The molecular weight excluding hydrogens is 408 g/mol. The SMILES string of the molecule is Cc1ccc(-c2n[nH]c(=S)n2CCC(=O)NCC(O)c2ccc3ccccc3c2)cc1. The van der Waals surface area contributed by atoms with Gasteiger partial charge in [-0.1, -0.05) is 66.2 Å². The quantitative estimate of drug-likeness (QED) is 0.380. The predicted octanol–water partition coefficient (Wildman–Crippen LogP) is 4.31. The van der Waals surface area contributed by atoms with Crippen LogP contribution in [0.1, 0.15) is 23.7 Å². The maximum Gasteiger partial charge on any atom is 0.221 e. The van der Waals surface area contributed by atoms with Crippen molar-refractivity contribution in [2.45, 2.75) is 26.0 Å². The van der Waals surface area contributed by atoms with Gasteiger partial charge in [-0.05, 0) is 41.5 Å². The zero-order valence-corrected chi connectivity index (χ0v) is 18.0. The van der Waals surface area contributed by atoms with E-state index in [1.165, 1.54) is 0 Å². The molecule has 0 spiro atoms. The number of H-pyrrole nitrogens is 1. The summed E-state index contributed by atoms with van der Waals surface area (Å²) in [5.74, 6) is 0.548. The zero-order valence-electron chi connectivity index (χ0n) is 17.2. The van der Waals surface area contributed by atoms with Crippen molar-refractivity contribution < 1.29 is 9.90 Å². The van der Waals surface area contributed by atoms with Crippen molar-refractivity contribution in [3.63, 3.8) is 0 Å². The number of nitrogens with zero attached hydrogens (tertiary/aromatic N) is 2. The molecule has 6 nitrogen and oxygen atoms in total.